The number of benzene rings is 1. The molecule has 2 aliphatic heterocycles. The fraction of sp³-hybridized carbons (Fsp3) is 0.421. The predicted octanol–water partition coefficient (Wildman–Crippen LogP) is 2.48. The van der Waals surface area contributed by atoms with Crippen LogP contribution in [0.4, 0.5) is 5.69 Å². The number of hydrogen-bond acceptors (Lipinski definition) is 3. The number of aromatic nitrogens is 2. The van der Waals surface area contributed by atoms with Crippen molar-refractivity contribution in [2.45, 2.75) is 38.1 Å². The fourth-order valence-corrected chi connectivity index (χ4v) is 3.86. The van der Waals surface area contributed by atoms with Crippen LogP contribution >= 0.6 is 0 Å². The summed E-state index contributed by atoms with van der Waals surface area (Å²) in [6.45, 7) is 3.42. The number of fused-ring (bicyclic) bond motifs is 1. The van der Waals surface area contributed by atoms with Gasteiger partial charge < -0.3 is 10.2 Å². The van der Waals surface area contributed by atoms with Gasteiger partial charge in [0.05, 0.1) is 18.2 Å². The van der Waals surface area contributed by atoms with Crippen molar-refractivity contribution in [2.24, 2.45) is 0 Å². The highest BCUT2D eigenvalue weighted by atomic mass is 16.2. The Morgan fingerprint density at radius 2 is 2.16 bits per heavy atom. The Kier molecular flexibility index (Phi) is 4.03. The first kappa shape index (κ1) is 15.9. The molecule has 2 aromatic rings. The first-order chi connectivity index (χ1) is 12.1. The van der Waals surface area contributed by atoms with Crippen LogP contribution in [0.1, 0.15) is 42.3 Å². The van der Waals surface area contributed by atoms with Crippen molar-refractivity contribution in [1.82, 2.24) is 14.7 Å². The number of piperidine rings is 1. The number of rotatable bonds is 2. The van der Waals surface area contributed by atoms with E-state index in [1.165, 1.54) is 0 Å². The number of nitrogens with zero attached hydrogens (tertiary/aromatic N) is 3. The van der Waals surface area contributed by atoms with Gasteiger partial charge in [-0.25, -0.2) is 0 Å². The second-order valence-electron chi connectivity index (χ2n) is 6.97. The van der Waals surface area contributed by atoms with Gasteiger partial charge in [0.15, 0.2) is 0 Å². The molecule has 2 amide bonds. The average molecular weight is 338 g/mol. The van der Waals surface area contributed by atoms with Crippen LogP contribution in [-0.4, -0.2) is 39.6 Å². The molecule has 0 aliphatic carbocycles. The predicted molar refractivity (Wildman–Crippen MR) is 94.2 cm³/mol. The highest BCUT2D eigenvalue weighted by Gasteiger charge is 2.35. The van der Waals surface area contributed by atoms with Crippen LogP contribution < -0.4 is 5.32 Å². The van der Waals surface area contributed by atoms with Crippen molar-refractivity contribution >= 4 is 17.5 Å². The second kappa shape index (κ2) is 6.35. The minimum Gasteiger partial charge on any atom is -0.340 e. The molecule has 0 unspecified atom stereocenters. The molecule has 6 nitrogen and oxygen atoms in total. The SMILES string of the molecule is Cc1cnn([C@@H]2CCCN(C(=O)[C@@H]3CC(=O)Nc4ccccc43)C2)c1. The molecule has 0 bridgehead atoms. The van der Waals surface area contributed by atoms with Crippen LogP contribution in [0, 0.1) is 6.92 Å². The van der Waals surface area contributed by atoms with E-state index < -0.39 is 0 Å². The van der Waals surface area contributed by atoms with E-state index in [9.17, 15) is 9.59 Å². The number of nitrogens with one attached hydrogen (secondary N) is 1. The monoisotopic (exact) mass is 338 g/mol. The molecule has 1 N–H and O–H groups in total. The third-order valence-corrected chi connectivity index (χ3v) is 5.11. The van der Waals surface area contributed by atoms with Gasteiger partial charge in [0.25, 0.3) is 0 Å². The number of para-hydroxylation sites is 1. The summed E-state index contributed by atoms with van der Waals surface area (Å²) in [6, 6.07) is 7.80. The third-order valence-electron chi connectivity index (χ3n) is 5.11. The highest BCUT2D eigenvalue weighted by Crippen LogP contribution is 2.34. The summed E-state index contributed by atoms with van der Waals surface area (Å²) in [5, 5.41) is 7.27. The van der Waals surface area contributed by atoms with Gasteiger partial charge in [-0.3, -0.25) is 14.3 Å². The maximum atomic E-state index is 13.2. The molecule has 25 heavy (non-hydrogen) atoms. The van der Waals surface area contributed by atoms with Gasteiger partial charge in [0, 0.05) is 31.4 Å². The topological polar surface area (TPSA) is 67.2 Å². The van der Waals surface area contributed by atoms with Gasteiger partial charge in [0.1, 0.15) is 0 Å². The van der Waals surface area contributed by atoms with Crippen LogP contribution in [-0.2, 0) is 9.59 Å². The van der Waals surface area contributed by atoms with Crippen molar-refractivity contribution in [2.75, 3.05) is 18.4 Å². The van der Waals surface area contributed by atoms with Crippen LogP contribution in [0.3, 0.4) is 0 Å². The van der Waals surface area contributed by atoms with Crippen LogP contribution in [0.5, 0.6) is 0 Å². The minimum atomic E-state index is -0.386. The van der Waals surface area contributed by atoms with E-state index in [0.717, 1.165) is 36.2 Å². The molecule has 1 saturated heterocycles. The van der Waals surface area contributed by atoms with E-state index in [1.807, 2.05) is 53.2 Å². The van der Waals surface area contributed by atoms with Crippen molar-refractivity contribution in [1.29, 1.82) is 0 Å². The average Bonchev–Trinajstić information content (AvgIpc) is 3.07. The first-order valence-electron chi connectivity index (χ1n) is 8.80. The largest absolute Gasteiger partial charge is 0.340 e. The Morgan fingerprint density at radius 1 is 1.32 bits per heavy atom. The highest BCUT2D eigenvalue weighted by molar-refractivity contribution is 6.01. The first-order valence-corrected chi connectivity index (χ1v) is 8.80. The van der Waals surface area contributed by atoms with Gasteiger partial charge in [0.2, 0.25) is 11.8 Å². The molecule has 1 aromatic heterocycles. The normalized spacial score (nSPS) is 23.1. The van der Waals surface area contributed by atoms with Crippen molar-refractivity contribution < 1.29 is 9.59 Å². The molecule has 0 radical (unpaired) electrons. The number of carbonyl (C=O) groups excluding carboxylic acids is 2. The molecule has 2 aliphatic rings. The summed E-state index contributed by atoms with van der Waals surface area (Å²) in [7, 11) is 0. The van der Waals surface area contributed by atoms with E-state index in [1.54, 1.807) is 0 Å². The summed E-state index contributed by atoms with van der Waals surface area (Å²) in [5.41, 5.74) is 2.80. The van der Waals surface area contributed by atoms with E-state index in [2.05, 4.69) is 10.4 Å². The van der Waals surface area contributed by atoms with Gasteiger partial charge in [-0.05, 0) is 37.0 Å². The fourth-order valence-electron chi connectivity index (χ4n) is 3.86. The van der Waals surface area contributed by atoms with Gasteiger partial charge in [-0.1, -0.05) is 18.2 Å². The number of likely N-dealkylation sites (tertiary alicyclic amines) is 1. The number of hydrogen-bond donors (Lipinski definition) is 1. The Balaban J connectivity index is 1.55. The minimum absolute atomic E-state index is 0.0517. The number of anilines is 1. The number of aryl methyl sites for hydroxylation is 1. The summed E-state index contributed by atoms with van der Waals surface area (Å²) >= 11 is 0. The lowest BCUT2D eigenvalue weighted by atomic mass is 9.88. The van der Waals surface area contributed by atoms with Crippen molar-refractivity contribution in [3.8, 4) is 0 Å². The van der Waals surface area contributed by atoms with E-state index >= 15 is 0 Å². The van der Waals surface area contributed by atoms with Crippen LogP contribution in [0.15, 0.2) is 36.7 Å². The van der Waals surface area contributed by atoms with E-state index in [-0.39, 0.29) is 30.2 Å². The van der Waals surface area contributed by atoms with Gasteiger partial charge in [-0.15, -0.1) is 0 Å². The quantitative estimate of drug-likeness (QED) is 0.915. The Hall–Kier alpha value is -2.63. The van der Waals surface area contributed by atoms with Crippen LogP contribution in [0.25, 0.3) is 0 Å². The molecule has 0 saturated carbocycles. The molecule has 3 heterocycles. The Labute approximate surface area is 146 Å². The molecular weight excluding hydrogens is 316 g/mol. The Morgan fingerprint density at radius 3 is 2.96 bits per heavy atom. The van der Waals surface area contributed by atoms with E-state index in [4.69, 9.17) is 0 Å². The molecule has 6 heteroatoms. The molecule has 1 aromatic carbocycles. The zero-order valence-corrected chi connectivity index (χ0v) is 14.3. The smallest absolute Gasteiger partial charge is 0.230 e. The lowest BCUT2D eigenvalue weighted by Crippen LogP contribution is -2.44. The Bertz CT molecular complexity index is 813. The molecular formula is C19H22N4O2. The zero-order valence-electron chi connectivity index (χ0n) is 14.3. The molecule has 2 atom stereocenters. The van der Waals surface area contributed by atoms with Gasteiger partial charge >= 0.3 is 0 Å². The molecule has 0 spiro atoms. The lowest BCUT2D eigenvalue weighted by molar-refractivity contribution is -0.136. The molecule has 130 valence electrons. The van der Waals surface area contributed by atoms with E-state index in [0.29, 0.717) is 6.54 Å². The maximum Gasteiger partial charge on any atom is 0.230 e. The number of carbonyl (C=O) groups is 2. The third kappa shape index (κ3) is 3.04. The summed E-state index contributed by atoms with van der Waals surface area (Å²) in [4.78, 5) is 27.1. The van der Waals surface area contributed by atoms with Crippen molar-refractivity contribution in [3.63, 3.8) is 0 Å². The maximum absolute atomic E-state index is 13.2. The zero-order chi connectivity index (χ0) is 17.4. The second-order valence-corrected chi connectivity index (χ2v) is 6.97. The molecule has 4 rings (SSSR count). The standard InChI is InChI=1S/C19H22N4O2/c1-13-10-20-23(11-13)14-5-4-8-22(12-14)19(25)16-9-18(24)21-17-7-3-2-6-15(16)17/h2-3,6-7,10-11,14,16H,4-5,8-9,12H2,1H3,(H,21,24)/t14-,16-/m1/s1. The van der Waals surface area contributed by atoms with Crippen molar-refractivity contribution in [3.05, 3.63) is 47.8 Å². The molecule has 1 fully saturated rings. The summed E-state index contributed by atoms with van der Waals surface area (Å²) in [6.07, 6.45) is 6.07. The van der Waals surface area contributed by atoms with Gasteiger partial charge in [-0.2, -0.15) is 5.10 Å². The summed E-state index contributed by atoms with van der Waals surface area (Å²) < 4.78 is 1.97. The lowest BCUT2D eigenvalue weighted by Gasteiger charge is -2.36. The number of amides is 2. The summed E-state index contributed by atoms with van der Waals surface area (Å²) in [5.74, 6) is -0.424. The van der Waals surface area contributed by atoms with Crippen LogP contribution in [0.2, 0.25) is 0 Å².